The Hall–Kier alpha value is -1.59. The van der Waals surface area contributed by atoms with Crippen LogP contribution in [0, 0.1) is 0 Å². The molecular weight excluding hydrogens is 206 g/mol. The quantitative estimate of drug-likeness (QED) is 0.570. The third-order valence-corrected chi connectivity index (χ3v) is 2.34. The van der Waals surface area contributed by atoms with Gasteiger partial charge in [-0.25, -0.2) is 0 Å². The lowest BCUT2D eigenvalue weighted by atomic mass is 10.1. The SMILES string of the molecule is CC(NC(=O)C(N)CN)c1ccc(O)cc1. The van der Waals surface area contributed by atoms with Gasteiger partial charge in [0.25, 0.3) is 0 Å². The number of nitrogens with two attached hydrogens (primary N) is 2. The van der Waals surface area contributed by atoms with Gasteiger partial charge in [-0.2, -0.15) is 0 Å². The van der Waals surface area contributed by atoms with Gasteiger partial charge in [0.1, 0.15) is 5.75 Å². The number of hydrogen-bond donors (Lipinski definition) is 4. The minimum Gasteiger partial charge on any atom is -0.508 e. The number of hydrogen-bond acceptors (Lipinski definition) is 4. The van der Waals surface area contributed by atoms with E-state index >= 15 is 0 Å². The van der Waals surface area contributed by atoms with Crippen molar-refractivity contribution in [3.63, 3.8) is 0 Å². The molecule has 0 radical (unpaired) electrons. The van der Waals surface area contributed by atoms with E-state index in [0.29, 0.717) is 0 Å². The highest BCUT2D eigenvalue weighted by atomic mass is 16.3. The molecule has 0 aromatic heterocycles. The monoisotopic (exact) mass is 223 g/mol. The van der Waals surface area contributed by atoms with Crippen LogP contribution in [0.2, 0.25) is 0 Å². The zero-order valence-electron chi connectivity index (χ0n) is 9.18. The third-order valence-electron chi connectivity index (χ3n) is 2.34. The second kappa shape index (κ2) is 5.48. The van der Waals surface area contributed by atoms with E-state index in [4.69, 9.17) is 16.6 Å². The van der Waals surface area contributed by atoms with Crippen LogP contribution < -0.4 is 16.8 Å². The van der Waals surface area contributed by atoms with Gasteiger partial charge >= 0.3 is 0 Å². The maximum Gasteiger partial charge on any atom is 0.238 e. The maximum atomic E-state index is 11.5. The first kappa shape index (κ1) is 12.5. The molecule has 0 heterocycles. The first-order valence-corrected chi connectivity index (χ1v) is 5.09. The van der Waals surface area contributed by atoms with E-state index in [9.17, 15) is 4.79 Å². The second-order valence-electron chi connectivity index (χ2n) is 3.66. The second-order valence-corrected chi connectivity index (χ2v) is 3.66. The van der Waals surface area contributed by atoms with Gasteiger partial charge in [0, 0.05) is 6.54 Å². The van der Waals surface area contributed by atoms with Gasteiger partial charge in [-0.1, -0.05) is 12.1 Å². The predicted molar refractivity (Wildman–Crippen MR) is 61.7 cm³/mol. The summed E-state index contributed by atoms with van der Waals surface area (Å²) in [7, 11) is 0. The molecule has 1 amide bonds. The molecule has 0 aliphatic rings. The highest BCUT2D eigenvalue weighted by Crippen LogP contribution is 2.16. The summed E-state index contributed by atoms with van der Waals surface area (Å²) in [6.45, 7) is 1.96. The molecule has 0 aliphatic heterocycles. The molecule has 1 aromatic rings. The van der Waals surface area contributed by atoms with Crippen molar-refractivity contribution in [3.8, 4) is 5.75 Å². The van der Waals surface area contributed by atoms with Gasteiger partial charge in [-0.3, -0.25) is 4.79 Å². The third kappa shape index (κ3) is 3.22. The van der Waals surface area contributed by atoms with Crippen molar-refractivity contribution >= 4 is 5.91 Å². The lowest BCUT2D eigenvalue weighted by molar-refractivity contribution is -0.122. The van der Waals surface area contributed by atoms with Crippen molar-refractivity contribution < 1.29 is 9.90 Å². The number of benzene rings is 1. The fourth-order valence-electron chi connectivity index (χ4n) is 1.27. The number of carbonyl (C=O) groups is 1. The average Bonchev–Trinajstić information content (AvgIpc) is 2.28. The minimum absolute atomic E-state index is 0.119. The molecule has 0 aliphatic carbocycles. The van der Waals surface area contributed by atoms with Crippen molar-refractivity contribution in [3.05, 3.63) is 29.8 Å². The van der Waals surface area contributed by atoms with Crippen molar-refractivity contribution in [1.29, 1.82) is 0 Å². The summed E-state index contributed by atoms with van der Waals surface area (Å²) in [6.07, 6.45) is 0. The Morgan fingerprint density at radius 2 is 2.00 bits per heavy atom. The van der Waals surface area contributed by atoms with E-state index in [-0.39, 0.29) is 24.2 Å². The predicted octanol–water partition coefficient (Wildman–Crippen LogP) is -0.145. The first-order valence-electron chi connectivity index (χ1n) is 5.09. The summed E-state index contributed by atoms with van der Waals surface area (Å²) >= 11 is 0. The van der Waals surface area contributed by atoms with Crippen LogP contribution in [0.1, 0.15) is 18.5 Å². The Bertz CT molecular complexity index is 351. The summed E-state index contributed by atoms with van der Waals surface area (Å²) in [5.41, 5.74) is 11.7. The summed E-state index contributed by atoms with van der Waals surface area (Å²) in [4.78, 5) is 11.5. The molecule has 88 valence electrons. The molecule has 0 spiro atoms. The van der Waals surface area contributed by atoms with Crippen LogP contribution in [-0.4, -0.2) is 23.6 Å². The van der Waals surface area contributed by atoms with Gasteiger partial charge in [-0.05, 0) is 24.6 Å². The molecule has 16 heavy (non-hydrogen) atoms. The number of aromatic hydroxyl groups is 1. The van der Waals surface area contributed by atoms with Crippen LogP contribution in [-0.2, 0) is 4.79 Å². The van der Waals surface area contributed by atoms with Gasteiger partial charge in [0.05, 0.1) is 12.1 Å². The molecule has 1 rings (SSSR count). The van der Waals surface area contributed by atoms with Crippen LogP contribution in [0.5, 0.6) is 5.75 Å². The fraction of sp³-hybridized carbons (Fsp3) is 0.364. The van der Waals surface area contributed by atoms with Crippen LogP contribution >= 0.6 is 0 Å². The molecule has 0 saturated carbocycles. The molecule has 5 heteroatoms. The van der Waals surface area contributed by atoms with Gasteiger partial charge in [0.15, 0.2) is 0 Å². The Morgan fingerprint density at radius 1 is 1.44 bits per heavy atom. The first-order chi connectivity index (χ1) is 7.54. The zero-order chi connectivity index (χ0) is 12.1. The zero-order valence-corrected chi connectivity index (χ0v) is 9.18. The highest BCUT2D eigenvalue weighted by Gasteiger charge is 2.14. The Balaban J connectivity index is 2.62. The Morgan fingerprint density at radius 3 is 2.50 bits per heavy atom. The minimum atomic E-state index is -0.681. The smallest absolute Gasteiger partial charge is 0.238 e. The van der Waals surface area contributed by atoms with E-state index in [1.165, 1.54) is 0 Å². The number of nitrogens with one attached hydrogen (secondary N) is 1. The van der Waals surface area contributed by atoms with Gasteiger partial charge in [0.2, 0.25) is 5.91 Å². The average molecular weight is 223 g/mol. The van der Waals surface area contributed by atoms with E-state index in [1.807, 2.05) is 6.92 Å². The summed E-state index contributed by atoms with van der Waals surface area (Å²) in [6, 6.07) is 5.79. The Kier molecular flexibility index (Phi) is 4.28. The van der Waals surface area contributed by atoms with E-state index in [1.54, 1.807) is 24.3 Å². The van der Waals surface area contributed by atoms with Crippen molar-refractivity contribution in [2.24, 2.45) is 11.5 Å². The summed E-state index contributed by atoms with van der Waals surface area (Å²) < 4.78 is 0. The molecule has 2 unspecified atom stereocenters. The van der Waals surface area contributed by atoms with Crippen molar-refractivity contribution in [2.45, 2.75) is 19.0 Å². The van der Waals surface area contributed by atoms with Crippen molar-refractivity contribution in [1.82, 2.24) is 5.32 Å². The molecule has 2 atom stereocenters. The standard InChI is InChI=1S/C11H17N3O2/c1-7(14-11(16)10(13)6-12)8-2-4-9(15)5-3-8/h2-5,7,10,15H,6,12-13H2,1H3,(H,14,16). The van der Waals surface area contributed by atoms with Crippen LogP contribution in [0.15, 0.2) is 24.3 Å². The maximum absolute atomic E-state index is 11.5. The molecule has 0 bridgehead atoms. The highest BCUT2D eigenvalue weighted by molar-refractivity contribution is 5.82. The molecular formula is C11H17N3O2. The molecule has 0 saturated heterocycles. The number of phenolic OH excluding ortho intramolecular Hbond substituents is 1. The van der Waals surface area contributed by atoms with Crippen LogP contribution in [0.3, 0.4) is 0 Å². The van der Waals surface area contributed by atoms with Crippen LogP contribution in [0.4, 0.5) is 0 Å². The topological polar surface area (TPSA) is 101 Å². The van der Waals surface area contributed by atoms with Crippen LogP contribution in [0.25, 0.3) is 0 Å². The van der Waals surface area contributed by atoms with E-state index in [0.717, 1.165) is 5.56 Å². The van der Waals surface area contributed by atoms with E-state index < -0.39 is 6.04 Å². The molecule has 6 N–H and O–H groups in total. The molecule has 0 fully saturated rings. The fourth-order valence-corrected chi connectivity index (χ4v) is 1.27. The van der Waals surface area contributed by atoms with Crippen molar-refractivity contribution in [2.75, 3.05) is 6.54 Å². The number of rotatable bonds is 4. The van der Waals surface area contributed by atoms with Gasteiger partial charge < -0.3 is 21.9 Å². The van der Waals surface area contributed by atoms with Gasteiger partial charge in [-0.15, -0.1) is 0 Å². The number of carbonyl (C=O) groups excluding carboxylic acids is 1. The number of phenols is 1. The molecule has 5 nitrogen and oxygen atoms in total. The lowest BCUT2D eigenvalue weighted by Crippen LogP contribution is -2.45. The number of amides is 1. The largest absolute Gasteiger partial charge is 0.508 e. The summed E-state index contributed by atoms with van der Waals surface area (Å²) in [5, 5.41) is 11.9. The molecule has 1 aromatic carbocycles. The lowest BCUT2D eigenvalue weighted by Gasteiger charge is -2.17. The summed E-state index contributed by atoms with van der Waals surface area (Å²) in [5.74, 6) is -0.0796. The van der Waals surface area contributed by atoms with E-state index in [2.05, 4.69) is 5.32 Å². The Labute approximate surface area is 94.4 Å². The normalized spacial score (nSPS) is 14.2.